The van der Waals surface area contributed by atoms with Crippen molar-refractivity contribution in [1.82, 2.24) is 0 Å². The van der Waals surface area contributed by atoms with E-state index in [0.717, 1.165) is 5.56 Å². The molecule has 1 aromatic carbocycles. The highest BCUT2D eigenvalue weighted by atomic mass is 35.5. The Morgan fingerprint density at radius 3 is 2.70 bits per heavy atom. The van der Waals surface area contributed by atoms with Crippen molar-refractivity contribution in [3.05, 3.63) is 34.3 Å². The summed E-state index contributed by atoms with van der Waals surface area (Å²) in [4.78, 5) is 27.0. The topological polar surface area (TPSA) is 55.7 Å². The Hall–Kier alpha value is -1.68. The third kappa shape index (κ3) is 3.07. The molecule has 5 heteroatoms. The molecule has 1 aromatic rings. The van der Waals surface area contributed by atoms with Crippen LogP contribution in [0.2, 0.25) is 5.02 Å². The fourth-order valence-electron chi connectivity index (χ4n) is 2.05. The van der Waals surface area contributed by atoms with E-state index in [1.807, 2.05) is 19.1 Å². The van der Waals surface area contributed by atoms with Crippen LogP contribution >= 0.6 is 11.6 Å². The molecule has 1 aliphatic heterocycles. The van der Waals surface area contributed by atoms with E-state index in [-0.39, 0.29) is 17.6 Å². The van der Waals surface area contributed by atoms with Gasteiger partial charge in [-0.25, -0.2) is 0 Å². The fraction of sp³-hybridized carbons (Fsp3) is 0.400. The summed E-state index contributed by atoms with van der Waals surface area (Å²) in [6.45, 7) is 5.05. The van der Waals surface area contributed by atoms with Gasteiger partial charge in [0.2, 0.25) is 5.90 Å². The number of halogens is 1. The van der Waals surface area contributed by atoms with Crippen molar-refractivity contribution in [2.45, 2.75) is 39.2 Å². The Bertz CT molecular complexity index is 589. The lowest BCUT2D eigenvalue weighted by atomic mass is 9.98. The van der Waals surface area contributed by atoms with E-state index in [4.69, 9.17) is 16.3 Å². The number of rotatable bonds is 4. The third-order valence-electron chi connectivity index (χ3n) is 3.22. The minimum absolute atomic E-state index is 0.0228. The molecular weight excluding hydrogens is 278 g/mol. The zero-order chi connectivity index (χ0) is 14.9. The van der Waals surface area contributed by atoms with Gasteiger partial charge in [0.05, 0.1) is 0 Å². The van der Waals surface area contributed by atoms with Crippen molar-refractivity contribution in [2.75, 3.05) is 0 Å². The number of ether oxygens (including phenoxy) is 1. The Kier molecular flexibility index (Phi) is 3.95. The maximum absolute atomic E-state index is 12.0. The SMILES string of the molecule is CC(=O)CC[C@@]1(C)OC(c2cc(C)cc(Cl)c2)=NC1=O. The lowest BCUT2D eigenvalue weighted by molar-refractivity contribution is -0.130. The molecule has 20 heavy (non-hydrogen) atoms. The molecule has 0 aromatic heterocycles. The van der Waals surface area contributed by atoms with Gasteiger partial charge in [0.25, 0.3) is 5.91 Å². The normalized spacial score (nSPS) is 21.6. The molecule has 4 nitrogen and oxygen atoms in total. The monoisotopic (exact) mass is 293 g/mol. The van der Waals surface area contributed by atoms with E-state index in [9.17, 15) is 9.59 Å². The first-order valence-corrected chi connectivity index (χ1v) is 6.77. The molecule has 0 saturated heterocycles. The number of carbonyl (C=O) groups excluding carboxylic acids is 2. The molecule has 0 unspecified atom stereocenters. The number of Topliss-reactive ketones (excluding diaryl/α,β-unsaturated/α-hetero) is 1. The van der Waals surface area contributed by atoms with E-state index in [2.05, 4.69) is 4.99 Å². The highest BCUT2D eigenvalue weighted by Gasteiger charge is 2.42. The van der Waals surface area contributed by atoms with Crippen LogP contribution in [0.3, 0.4) is 0 Å². The predicted octanol–water partition coefficient (Wildman–Crippen LogP) is 3.08. The molecule has 1 aliphatic rings. The Balaban J connectivity index is 2.22. The van der Waals surface area contributed by atoms with Crippen molar-refractivity contribution in [3.8, 4) is 0 Å². The average Bonchev–Trinajstić information content (AvgIpc) is 2.63. The number of ketones is 1. The summed E-state index contributed by atoms with van der Waals surface area (Å²) in [5.41, 5.74) is 0.579. The van der Waals surface area contributed by atoms with Gasteiger partial charge in [-0.1, -0.05) is 11.6 Å². The number of benzene rings is 1. The van der Waals surface area contributed by atoms with Gasteiger partial charge in [-0.15, -0.1) is 0 Å². The number of amides is 1. The largest absolute Gasteiger partial charge is 0.461 e. The number of aliphatic imine (C=N–C) groups is 1. The van der Waals surface area contributed by atoms with Crippen molar-refractivity contribution < 1.29 is 14.3 Å². The molecule has 0 fully saturated rings. The quantitative estimate of drug-likeness (QED) is 0.857. The highest BCUT2D eigenvalue weighted by Crippen LogP contribution is 2.29. The first-order valence-electron chi connectivity index (χ1n) is 6.39. The van der Waals surface area contributed by atoms with Crippen LogP contribution in [0.25, 0.3) is 0 Å². The van der Waals surface area contributed by atoms with Gasteiger partial charge >= 0.3 is 0 Å². The van der Waals surface area contributed by atoms with Crippen molar-refractivity contribution in [3.63, 3.8) is 0 Å². The first-order chi connectivity index (χ1) is 9.30. The molecule has 1 amide bonds. The summed E-state index contributed by atoms with van der Waals surface area (Å²) in [7, 11) is 0. The minimum Gasteiger partial charge on any atom is -0.461 e. The minimum atomic E-state index is -1.06. The summed E-state index contributed by atoms with van der Waals surface area (Å²) >= 11 is 6.00. The maximum atomic E-state index is 12.0. The second-order valence-electron chi connectivity index (χ2n) is 5.27. The van der Waals surface area contributed by atoms with Crippen molar-refractivity contribution in [2.24, 2.45) is 4.99 Å². The van der Waals surface area contributed by atoms with E-state index in [1.165, 1.54) is 6.92 Å². The van der Waals surface area contributed by atoms with Gasteiger partial charge in [-0.3, -0.25) is 4.79 Å². The second-order valence-corrected chi connectivity index (χ2v) is 5.71. The first kappa shape index (κ1) is 14.7. The third-order valence-corrected chi connectivity index (χ3v) is 3.44. The van der Waals surface area contributed by atoms with Crippen LogP contribution in [0.15, 0.2) is 23.2 Å². The molecule has 1 atom stereocenters. The predicted molar refractivity (Wildman–Crippen MR) is 77.1 cm³/mol. The van der Waals surface area contributed by atoms with Crippen LogP contribution in [0.1, 0.15) is 37.8 Å². The van der Waals surface area contributed by atoms with Crippen LogP contribution in [0.5, 0.6) is 0 Å². The van der Waals surface area contributed by atoms with Gasteiger partial charge in [0.1, 0.15) is 5.78 Å². The second kappa shape index (κ2) is 5.37. The molecule has 0 bridgehead atoms. The van der Waals surface area contributed by atoms with E-state index in [1.54, 1.807) is 13.0 Å². The Morgan fingerprint density at radius 2 is 2.10 bits per heavy atom. The molecule has 1 heterocycles. The van der Waals surface area contributed by atoms with E-state index < -0.39 is 5.60 Å². The molecule has 0 aliphatic carbocycles. The van der Waals surface area contributed by atoms with E-state index >= 15 is 0 Å². The lowest BCUT2D eigenvalue weighted by Gasteiger charge is -2.21. The number of hydrogen-bond acceptors (Lipinski definition) is 3. The molecule has 0 radical (unpaired) electrons. The molecule has 106 valence electrons. The number of carbonyl (C=O) groups is 2. The van der Waals surface area contributed by atoms with Gasteiger partial charge in [0.15, 0.2) is 5.60 Å². The highest BCUT2D eigenvalue weighted by molar-refractivity contribution is 6.31. The van der Waals surface area contributed by atoms with Crippen LogP contribution in [0.4, 0.5) is 0 Å². The zero-order valence-corrected chi connectivity index (χ0v) is 12.5. The summed E-state index contributed by atoms with van der Waals surface area (Å²) in [6, 6.07) is 5.38. The van der Waals surface area contributed by atoms with Crippen molar-refractivity contribution in [1.29, 1.82) is 0 Å². The molecular formula is C15H16ClNO3. The van der Waals surface area contributed by atoms with Crippen LogP contribution in [-0.2, 0) is 14.3 Å². The van der Waals surface area contributed by atoms with Crippen LogP contribution in [0, 0.1) is 6.92 Å². The summed E-state index contributed by atoms with van der Waals surface area (Å²) < 4.78 is 5.70. The number of aryl methyl sites for hydroxylation is 1. The van der Waals surface area contributed by atoms with Crippen molar-refractivity contribution >= 4 is 29.2 Å². The Morgan fingerprint density at radius 1 is 1.40 bits per heavy atom. The van der Waals surface area contributed by atoms with Gasteiger partial charge in [-0.2, -0.15) is 4.99 Å². The summed E-state index contributed by atoms with van der Waals surface area (Å²) in [5.74, 6) is -0.0623. The molecule has 0 saturated carbocycles. The molecule has 0 N–H and O–H groups in total. The lowest BCUT2D eigenvalue weighted by Crippen LogP contribution is -2.34. The standard InChI is InChI=1S/C15H16ClNO3/c1-9-6-11(8-12(16)7-9)13-17-14(19)15(3,20-13)5-4-10(2)18/h6-8H,4-5H2,1-3H3/t15-/m1/s1. The number of hydrogen-bond donors (Lipinski definition) is 0. The van der Waals surface area contributed by atoms with Gasteiger partial charge < -0.3 is 9.53 Å². The maximum Gasteiger partial charge on any atom is 0.292 e. The molecule has 2 rings (SSSR count). The van der Waals surface area contributed by atoms with Crippen LogP contribution in [-0.4, -0.2) is 23.2 Å². The van der Waals surface area contributed by atoms with Crippen LogP contribution < -0.4 is 0 Å². The summed E-state index contributed by atoms with van der Waals surface area (Å²) in [5, 5.41) is 0.566. The summed E-state index contributed by atoms with van der Waals surface area (Å²) in [6.07, 6.45) is 0.618. The zero-order valence-electron chi connectivity index (χ0n) is 11.7. The fourth-order valence-corrected chi connectivity index (χ4v) is 2.34. The molecule has 0 spiro atoms. The average molecular weight is 294 g/mol. The Labute approximate surface area is 122 Å². The number of nitrogens with zero attached hydrogens (tertiary/aromatic N) is 1. The smallest absolute Gasteiger partial charge is 0.292 e. The van der Waals surface area contributed by atoms with Gasteiger partial charge in [-0.05, 0) is 44.5 Å². The van der Waals surface area contributed by atoms with Gasteiger partial charge in [0, 0.05) is 23.4 Å². The van der Waals surface area contributed by atoms with E-state index in [0.29, 0.717) is 23.4 Å².